The van der Waals surface area contributed by atoms with Gasteiger partial charge in [0.15, 0.2) is 0 Å². The van der Waals surface area contributed by atoms with Crippen LogP contribution in [0.15, 0.2) is 0 Å². The van der Waals surface area contributed by atoms with Crippen molar-refractivity contribution in [2.75, 3.05) is 46.2 Å². The molecule has 0 amide bonds. The minimum absolute atomic E-state index is 0. The van der Waals surface area contributed by atoms with E-state index >= 15 is 0 Å². The molecule has 9 heteroatoms. The van der Waals surface area contributed by atoms with Crippen LogP contribution in [-0.2, 0) is 28.8 Å². The van der Waals surface area contributed by atoms with Crippen molar-refractivity contribution in [3.8, 4) is 0 Å². The molecule has 0 aromatic heterocycles. The van der Waals surface area contributed by atoms with Gasteiger partial charge in [-0.2, -0.15) is 0 Å². The van der Waals surface area contributed by atoms with Gasteiger partial charge in [0.2, 0.25) is 10.4 Å². The standard InChI is InChI=1S/C12H26O7S.Na/c1-2-3-6-16-9-11-18-12-10-17-7-4-5-8-19-20(13,14)15;/h2-12H2,1H3,(H,13,14,15);/q;+1/p-1. The smallest absolute Gasteiger partial charge is 0.726 e. The van der Waals surface area contributed by atoms with Crippen molar-refractivity contribution in [1.82, 2.24) is 0 Å². The summed E-state index contributed by atoms with van der Waals surface area (Å²) in [5.41, 5.74) is 0. The van der Waals surface area contributed by atoms with Gasteiger partial charge in [0.25, 0.3) is 0 Å². The molecule has 0 unspecified atom stereocenters. The molecule has 0 aromatic rings. The molecule has 0 spiro atoms. The van der Waals surface area contributed by atoms with E-state index in [1.54, 1.807) is 0 Å². The Morgan fingerprint density at radius 1 is 0.762 bits per heavy atom. The third-order valence-electron chi connectivity index (χ3n) is 2.30. The minimum atomic E-state index is -4.56. The van der Waals surface area contributed by atoms with Gasteiger partial charge in [-0.15, -0.1) is 0 Å². The molecule has 0 aromatic carbocycles. The van der Waals surface area contributed by atoms with Crippen LogP contribution in [-0.4, -0.2) is 59.2 Å². The summed E-state index contributed by atoms with van der Waals surface area (Å²) >= 11 is 0. The zero-order chi connectivity index (χ0) is 15.1. The molecule has 0 saturated heterocycles. The van der Waals surface area contributed by atoms with E-state index in [9.17, 15) is 13.0 Å². The number of rotatable bonds is 15. The van der Waals surface area contributed by atoms with Crippen LogP contribution >= 0.6 is 0 Å². The molecular formula is C12H25NaO7S. The van der Waals surface area contributed by atoms with Crippen LogP contribution in [0.3, 0.4) is 0 Å². The van der Waals surface area contributed by atoms with Gasteiger partial charge in [-0.3, -0.25) is 4.18 Å². The van der Waals surface area contributed by atoms with Crippen molar-refractivity contribution in [3.63, 3.8) is 0 Å². The van der Waals surface area contributed by atoms with Gasteiger partial charge in [-0.25, -0.2) is 8.42 Å². The molecule has 7 nitrogen and oxygen atoms in total. The largest absolute Gasteiger partial charge is 1.00 e. The monoisotopic (exact) mass is 336 g/mol. The summed E-state index contributed by atoms with van der Waals surface area (Å²) in [5.74, 6) is 0. The van der Waals surface area contributed by atoms with Crippen LogP contribution < -0.4 is 29.6 Å². The van der Waals surface area contributed by atoms with E-state index in [0.717, 1.165) is 19.4 Å². The summed E-state index contributed by atoms with van der Waals surface area (Å²) in [7, 11) is -4.56. The van der Waals surface area contributed by atoms with Crippen LogP contribution in [0, 0.1) is 0 Å². The van der Waals surface area contributed by atoms with Crippen LogP contribution in [0.5, 0.6) is 0 Å². The normalized spacial score (nSPS) is 11.3. The van der Waals surface area contributed by atoms with E-state index in [2.05, 4.69) is 11.1 Å². The third-order valence-corrected chi connectivity index (χ3v) is 2.75. The maximum Gasteiger partial charge on any atom is 1.00 e. The van der Waals surface area contributed by atoms with Crippen LogP contribution in [0.1, 0.15) is 32.6 Å². The van der Waals surface area contributed by atoms with E-state index in [-0.39, 0.29) is 36.2 Å². The Morgan fingerprint density at radius 3 is 1.67 bits per heavy atom. The number of hydrogen-bond acceptors (Lipinski definition) is 7. The van der Waals surface area contributed by atoms with Gasteiger partial charge >= 0.3 is 29.6 Å². The Hall–Kier alpha value is 0.750. The molecule has 0 atom stereocenters. The molecular weight excluding hydrogens is 311 g/mol. The predicted octanol–water partition coefficient (Wildman–Crippen LogP) is -1.90. The molecule has 0 bridgehead atoms. The maximum atomic E-state index is 10.1. The Kier molecular flexibility index (Phi) is 19.6. The second kappa shape index (κ2) is 17.1. The fourth-order valence-electron chi connectivity index (χ4n) is 1.26. The van der Waals surface area contributed by atoms with E-state index in [4.69, 9.17) is 14.2 Å². The Balaban J connectivity index is 0. The summed E-state index contributed by atoms with van der Waals surface area (Å²) in [5, 5.41) is 0. The number of hydrogen-bond donors (Lipinski definition) is 0. The molecule has 122 valence electrons. The number of ether oxygens (including phenoxy) is 3. The molecule has 0 aliphatic heterocycles. The Bertz CT molecular complexity index is 298. The predicted molar refractivity (Wildman–Crippen MR) is 72.2 cm³/mol. The summed E-state index contributed by atoms with van der Waals surface area (Å²) in [6, 6.07) is 0. The van der Waals surface area contributed by atoms with E-state index in [0.29, 0.717) is 45.9 Å². The summed E-state index contributed by atoms with van der Waals surface area (Å²) in [4.78, 5) is 0. The zero-order valence-corrected chi connectivity index (χ0v) is 15.9. The molecule has 0 N–H and O–H groups in total. The second-order valence-corrected chi connectivity index (χ2v) is 5.18. The molecule has 0 fully saturated rings. The molecule has 0 heterocycles. The molecule has 0 radical (unpaired) electrons. The first kappa shape index (κ1) is 24.0. The van der Waals surface area contributed by atoms with E-state index in [1.165, 1.54) is 0 Å². The third kappa shape index (κ3) is 23.2. The Labute approximate surface area is 149 Å². The fourth-order valence-corrected chi connectivity index (χ4v) is 1.58. The molecule has 0 saturated carbocycles. The molecule has 0 aliphatic carbocycles. The van der Waals surface area contributed by atoms with Gasteiger partial charge in [0.05, 0.1) is 33.0 Å². The van der Waals surface area contributed by atoms with Crippen LogP contribution in [0.4, 0.5) is 0 Å². The van der Waals surface area contributed by atoms with Gasteiger partial charge in [0, 0.05) is 13.2 Å². The van der Waals surface area contributed by atoms with Gasteiger partial charge in [-0.05, 0) is 19.3 Å². The van der Waals surface area contributed by atoms with Crippen molar-refractivity contribution >= 4 is 10.4 Å². The quantitative estimate of drug-likeness (QED) is 0.149. The minimum Gasteiger partial charge on any atom is -0.726 e. The first-order chi connectivity index (χ1) is 9.56. The Morgan fingerprint density at radius 2 is 1.19 bits per heavy atom. The molecule has 0 aliphatic rings. The van der Waals surface area contributed by atoms with Crippen LogP contribution in [0.25, 0.3) is 0 Å². The maximum absolute atomic E-state index is 10.1. The first-order valence-electron chi connectivity index (χ1n) is 6.89. The van der Waals surface area contributed by atoms with Gasteiger partial charge in [-0.1, -0.05) is 13.3 Å². The van der Waals surface area contributed by atoms with Crippen LogP contribution in [0.2, 0.25) is 0 Å². The summed E-state index contributed by atoms with van der Waals surface area (Å²) in [6.45, 7) is 5.42. The fraction of sp³-hybridized carbons (Fsp3) is 1.00. The number of unbranched alkanes of at least 4 members (excludes halogenated alkanes) is 2. The first-order valence-corrected chi connectivity index (χ1v) is 8.23. The summed E-state index contributed by atoms with van der Waals surface area (Å²) < 4.78 is 50.3. The van der Waals surface area contributed by atoms with Crippen molar-refractivity contribution in [2.24, 2.45) is 0 Å². The second-order valence-electron chi connectivity index (χ2n) is 4.13. The van der Waals surface area contributed by atoms with Gasteiger partial charge < -0.3 is 18.8 Å². The zero-order valence-electron chi connectivity index (χ0n) is 13.0. The van der Waals surface area contributed by atoms with Crippen molar-refractivity contribution in [2.45, 2.75) is 32.6 Å². The van der Waals surface area contributed by atoms with Crippen molar-refractivity contribution in [3.05, 3.63) is 0 Å². The molecule has 0 rings (SSSR count). The average Bonchev–Trinajstić information content (AvgIpc) is 2.38. The van der Waals surface area contributed by atoms with Crippen molar-refractivity contribution in [1.29, 1.82) is 0 Å². The summed E-state index contributed by atoms with van der Waals surface area (Å²) in [6.07, 6.45) is 3.30. The van der Waals surface area contributed by atoms with Gasteiger partial charge in [0.1, 0.15) is 0 Å². The molecule has 21 heavy (non-hydrogen) atoms. The topological polar surface area (TPSA) is 94.1 Å². The van der Waals surface area contributed by atoms with Crippen molar-refractivity contribution < 1.29 is 60.9 Å². The average molecular weight is 336 g/mol. The van der Waals surface area contributed by atoms with E-state index in [1.807, 2.05) is 0 Å². The SMILES string of the molecule is CCCCOCCOCCOCCCCOS(=O)(=O)[O-].[Na+]. The van der Waals surface area contributed by atoms with E-state index < -0.39 is 10.4 Å².